The van der Waals surface area contributed by atoms with E-state index in [2.05, 4.69) is 17.1 Å². The Hall–Kier alpha value is -0.570. The number of fused-ring (bicyclic) bond motifs is 1. The van der Waals surface area contributed by atoms with E-state index in [1.165, 1.54) is 6.42 Å². The topological polar surface area (TPSA) is 32.3 Å². The van der Waals surface area contributed by atoms with Crippen molar-refractivity contribution >= 4 is 5.91 Å². The highest BCUT2D eigenvalue weighted by molar-refractivity contribution is 5.85. The van der Waals surface area contributed by atoms with Crippen molar-refractivity contribution < 1.29 is 4.79 Å². The number of nitrogens with zero attached hydrogens (tertiary/aromatic N) is 1. The first-order valence-corrected chi connectivity index (χ1v) is 6.22. The Bertz CT molecular complexity index is 285. The number of amides is 1. The van der Waals surface area contributed by atoms with E-state index in [4.69, 9.17) is 0 Å². The molecule has 15 heavy (non-hydrogen) atoms. The van der Waals surface area contributed by atoms with Crippen LogP contribution in [-0.2, 0) is 4.79 Å². The number of nitrogens with one attached hydrogen (secondary N) is 1. The molecule has 3 nitrogen and oxygen atoms in total. The number of hydrogen-bond donors (Lipinski definition) is 1. The van der Waals surface area contributed by atoms with Gasteiger partial charge in [-0.15, -0.1) is 0 Å². The minimum Gasteiger partial charge on any atom is -0.342 e. The summed E-state index contributed by atoms with van der Waals surface area (Å²) in [6.07, 6.45) is 4.63. The molecule has 2 atom stereocenters. The lowest BCUT2D eigenvalue weighted by molar-refractivity contribution is -0.138. The zero-order valence-corrected chi connectivity index (χ0v) is 9.46. The molecule has 84 valence electrons. The van der Waals surface area contributed by atoms with Crippen LogP contribution in [0.25, 0.3) is 0 Å². The molecule has 0 radical (unpaired) electrons. The second kappa shape index (κ2) is 3.21. The minimum absolute atomic E-state index is 0.0267. The summed E-state index contributed by atoms with van der Waals surface area (Å²) in [5, 5.41) is 3.53. The summed E-state index contributed by atoms with van der Waals surface area (Å²) in [4.78, 5) is 14.3. The molecule has 2 aliphatic heterocycles. The SMILES string of the molecule is CC1(C(=O)N2CCC3NCCC3C2)CC1. The predicted octanol–water partition coefficient (Wildman–Crippen LogP) is 0.997. The van der Waals surface area contributed by atoms with Gasteiger partial charge in [0.1, 0.15) is 0 Å². The van der Waals surface area contributed by atoms with Crippen molar-refractivity contribution in [3.8, 4) is 0 Å². The van der Waals surface area contributed by atoms with Gasteiger partial charge in [-0.2, -0.15) is 0 Å². The van der Waals surface area contributed by atoms with Crippen LogP contribution in [0.15, 0.2) is 0 Å². The highest BCUT2D eigenvalue weighted by Gasteiger charge is 2.48. The molecule has 3 fully saturated rings. The molecule has 2 unspecified atom stereocenters. The highest BCUT2D eigenvalue weighted by atomic mass is 16.2. The average Bonchev–Trinajstić information content (AvgIpc) is 2.82. The molecule has 2 heterocycles. The van der Waals surface area contributed by atoms with Crippen LogP contribution < -0.4 is 5.32 Å². The first kappa shape index (κ1) is 9.64. The number of likely N-dealkylation sites (tertiary alicyclic amines) is 1. The monoisotopic (exact) mass is 208 g/mol. The Labute approximate surface area is 91.2 Å². The molecule has 1 aliphatic carbocycles. The third-order valence-corrected chi connectivity index (χ3v) is 4.46. The Morgan fingerprint density at radius 2 is 2.20 bits per heavy atom. The van der Waals surface area contributed by atoms with E-state index in [0.717, 1.165) is 44.8 Å². The number of piperidine rings is 1. The smallest absolute Gasteiger partial charge is 0.228 e. The Morgan fingerprint density at radius 1 is 1.40 bits per heavy atom. The third kappa shape index (κ3) is 1.57. The summed E-state index contributed by atoms with van der Waals surface area (Å²) < 4.78 is 0. The fourth-order valence-electron chi connectivity index (χ4n) is 3.02. The van der Waals surface area contributed by atoms with Crippen LogP contribution in [0.5, 0.6) is 0 Å². The molecule has 1 amide bonds. The zero-order chi connectivity index (χ0) is 10.5. The molecule has 2 saturated heterocycles. The molecule has 0 bridgehead atoms. The van der Waals surface area contributed by atoms with Gasteiger partial charge < -0.3 is 10.2 Å². The largest absolute Gasteiger partial charge is 0.342 e. The summed E-state index contributed by atoms with van der Waals surface area (Å²) >= 11 is 0. The van der Waals surface area contributed by atoms with Crippen molar-refractivity contribution in [1.29, 1.82) is 0 Å². The Balaban J connectivity index is 1.66. The average molecular weight is 208 g/mol. The van der Waals surface area contributed by atoms with Gasteiger partial charge in [0, 0.05) is 24.5 Å². The van der Waals surface area contributed by atoms with Gasteiger partial charge >= 0.3 is 0 Å². The standard InChI is InChI=1S/C12H20N2O/c1-12(4-5-12)11(15)14-7-3-10-9(8-14)2-6-13-10/h9-10,13H,2-8H2,1H3. The fourth-order valence-corrected chi connectivity index (χ4v) is 3.02. The molecule has 3 heteroatoms. The molecule has 0 aromatic rings. The van der Waals surface area contributed by atoms with E-state index in [0.29, 0.717) is 11.9 Å². The number of rotatable bonds is 1. The molecule has 1 N–H and O–H groups in total. The summed E-state index contributed by atoms with van der Waals surface area (Å²) in [6, 6.07) is 0.695. The fraction of sp³-hybridized carbons (Fsp3) is 0.917. The lowest BCUT2D eigenvalue weighted by atomic mass is 9.92. The van der Waals surface area contributed by atoms with Gasteiger partial charge in [-0.25, -0.2) is 0 Å². The van der Waals surface area contributed by atoms with Crippen molar-refractivity contribution in [2.45, 2.75) is 38.6 Å². The van der Waals surface area contributed by atoms with Crippen molar-refractivity contribution in [2.24, 2.45) is 11.3 Å². The van der Waals surface area contributed by atoms with Gasteiger partial charge in [-0.05, 0) is 38.1 Å². The van der Waals surface area contributed by atoms with Gasteiger partial charge in [0.15, 0.2) is 0 Å². The summed E-state index contributed by atoms with van der Waals surface area (Å²) in [6.45, 7) is 5.25. The number of hydrogen-bond acceptors (Lipinski definition) is 2. The van der Waals surface area contributed by atoms with Crippen LogP contribution in [0, 0.1) is 11.3 Å². The van der Waals surface area contributed by atoms with Crippen molar-refractivity contribution in [2.75, 3.05) is 19.6 Å². The van der Waals surface area contributed by atoms with Crippen LogP contribution >= 0.6 is 0 Å². The molecule has 3 rings (SSSR count). The minimum atomic E-state index is 0.0267. The van der Waals surface area contributed by atoms with Crippen LogP contribution in [0.1, 0.15) is 32.6 Å². The lowest BCUT2D eigenvalue weighted by Gasteiger charge is -2.36. The molecular formula is C12H20N2O. The zero-order valence-electron chi connectivity index (χ0n) is 9.46. The molecule has 3 aliphatic rings. The Morgan fingerprint density at radius 3 is 2.93 bits per heavy atom. The lowest BCUT2D eigenvalue weighted by Crippen LogP contribution is -2.48. The van der Waals surface area contributed by atoms with Gasteiger partial charge in [0.2, 0.25) is 5.91 Å². The predicted molar refractivity (Wildman–Crippen MR) is 58.4 cm³/mol. The summed E-state index contributed by atoms with van der Waals surface area (Å²) in [5.41, 5.74) is 0.0267. The molecule has 0 aromatic carbocycles. The van der Waals surface area contributed by atoms with Gasteiger partial charge in [-0.3, -0.25) is 4.79 Å². The van der Waals surface area contributed by atoms with Crippen LogP contribution in [-0.4, -0.2) is 36.5 Å². The Kier molecular flexibility index (Phi) is 2.06. The third-order valence-electron chi connectivity index (χ3n) is 4.46. The second-order valence-electron chi connectivity index (χ2n) is 5.71. The maximum Gasteiger partial charge on any atom is 0.228 e. The van der Waals surface area contributed by atoms with E-state index >= 15 is 0 Å². The molecule has 1 saturated carbocycles. The van der Waals surface area contributed by atoms with Gasteiger partial charge in [0.25, 0.3) is 0 Å². The van der Waals surface area contributed by atoms with Crippen LogP contribution in [0.2, 0.25) is 0 Å². The van der Waals surface area contributed by atoms with E-state index in [-0.39, 0.29) is 5.41 Å². The van der Waals surface area contributed by atoms with E-state index in [9.17, 15) is 4.79 Å². The summed E-state index contributed by atoms with van der Waals surface area (Å²) in [7, 11) is 0. The highest BCUT2D eigenvalue weighted by Crippen LogP contribution is 2.47. The number of carbonyl (C=O) groups is 1. The maximum atomic E-state index is 12.2. The number of carbonyl (C=O) groups excluding carboxylic acids is 1. The quantitative estimate of drug-likeness (QED) is 0.697. The normalized spacial score (nSPS) is 37.5. The van der Waals surface area contributed by atoms with Crippen molar-refractivity contribution in [3.05, 3.63) is 0 Å². The van der Waals surface area contributed by atoms with Gasteiger partial charge in [0.05, 0.1) is 0 Å². The van der Waals surface area contributed by atoms with E-state index < -0.39 is 0 Å². The van der Waals surface area contributed by atoms with Crippen LogP contribution in [0.4, 0.5) is 0 Å². The van der Waals surface area contributed by atoms with Gasteiger partial charge in [-0.1, -0.05) is 6.92 Å². The summed E-state index contributed by atoms with van der Waals surface area (Å²) in [5.74, 6) is 1.15. The van der Waals surface area contributed by atoms with E-state index in [1.807, 2.05) is 0 Å². The van der Waals surface area contributed by atoms with Crippen molar-refractivity contribution in [3.63, 3.8) is 0 Å². The molecule has 0 aromatic heterocycles. The first-order valence-electron chi connectivity index (χ1n) is 6.22. The molecular weight excluding hydrogens is 188 g/mol. The maximum absolute atomic E-state index is 12.2. The molecule has 0 spiro atoms. The first-order chi connectivity index (χ1) is 7.19. The second-order valence-corrected chi connectivity index (χ2v) is 5.71. The van der Waals surface area contributed by atoms with Crippen molar-refractivity contribution in [1.82, 2.24) is 10.2 Å². The van der Waals surface area contributed by atoms with Crippen LogP contribution in [0.3, 0.4) is 0 Å². The van der Waals surface area contributed by atoms with E-state index in [1.54, 1.807) is 0 Å².